The van der Waals surface area contributed by atoms with Crippen LogP contribution in [0.15, 0.2) is 48.5 Å². The van der Waals surface area contributed by atoms with Crippen LogP contribution < -0.4 is 10.1 Å². The fraction of sp³-hybridized carbons (Fsp3) is 0.208. The Morgan fingerprint density at radius 1 is 1.12 bits per heavy atom. The normalized spacial score (nSPS) is 10.9. The van der Waals surface area contributed by atoms with Gasteiger partial charge in [0, 0.05) is 22.7 Å². The largest absolute Gasteiger partial charge is 0.495 e. The van der Waals surface area contributed by atoms with Crippen LogP contribution in [0.4, 0.5) is 5.69 Å². The summed E-state index contributed by atoms with van der Waals surface area (Å²) in [6.07, 6.45) is 0.796. The van der Waals surface area contributed by atoms with E-state index in [-0.39, 0.29) is 5.91 Å². The van der Waals surface area contributed by atoms with Gasteiger partial charge in [0.1, 0.15) is 10.6 Å². The third kappa shape index (κ3) is 4.40. The predicted molar refractivity (Wildman–Crippen MR) is 129 cm³/mol. The first-order valence-corrected chi connectivity index (χ1v) is 11.3. The maximum Gasteiger partial charge on any atom is 0.267 e. The molecule has 8 heteroatoms. The number of carbonyl (C=O) groups excluding carboxylic acids is 1. The monoisotopic (exact) mass is 466 g/mol. The lowest BCUT2D eigenvalue weighted by atomic mass is 10.0. The Hall–Kier alpha value is -3.16. The summed E-state index contributed by atoms with van der Waals surface area (Å²) in [5.74, 6) is 0.270. The summed E-state index contributed by atoms with van der Waals surface area (Å²) in [4.78, 5) is 18.1. The molecule has 4 rings (SSSR count). The van der Waals surface area contributed by atoms with Crippen LogP contribution in [0.2, 0.25) is 5.02 Å². The van der Waals surface area contributed by atoms with Crippen molar-refractivity contribution >= 4 is 34.5 Å². The second kappa shape index (κ2) is 9.14. The molecule has 0 aliphatic carbocycles. The molecular weight excluding hydrogens is 444 g/mol. The lowest BCUT2D eigenvalue weighted by Crippen LogP contribution is -2.12. The van der Waals surface area contributed by atoms with Gasteiger partial charge in [-0.3, -0.25) is 4.79 Å². The summed E-state index contributed by atoms with van der Waals surface area (Å²) in [5.41, 5.74) is 5.51. The summed E-state index contributed by atoms with van der Waals surface area (Å²) in [6.45, 7) is 5.85. The number of methoxy groups -OCH3 is 1. The number of aromatic nitrogens is 3. The van der Waals surface area contributed by atoms with E-state index in [1.54, 1.807) is 25.3 Å². The topological polar surface area (TPSA) is 69.0 Å². The first-order chi connectivity index (χ1) is 15.4. The summed E-state index contributed by atoms with van der Waals surface area (Å²) in [5, 5.41) is 8.76. The molecule has 6 nitrogen and oxygen atoms in total. The molecule has 0 bridgehead atoms. The van der Waals surface area contributed by atoms with Crippen molar-refractivity contribution in [1.82, 2.24) is 14.8 Å². The van der Waals surface area contributed by atoms with Gasteiger partial charge in [0.15, 0.2) is 0 Å². The molecule has 164 valence electrons. The Morgan fingerprint density at radius 2 is 1.88 bits per heavy atom. The minimum Gasteiger partial charge on any atom is -0.495 e. The van der Waals surface area contributed by atoms with Crippen LogP contribution in [0.5, 0.6) is 5.75 Å². The highest BCUT2D eigenvalue weighted by molar-refractivity contribution is 7.16. The molecule has 2 heterocycles. The zero-order valence-electron chi connectivity index (χ0n) is 18.3. The number of anilines is 1. The molecule has 0 aliphatic rings. The molecule has 0 spiro atoms. The molecule has 0 saturated heterocycles. The average molecular weight is 467 g/mol. The smallest absolute Gasteiger partial charge is 0.267 e. The Balaban J connectivity index is 1.62. The number of rotatable bonds is 6. The third-order valence-corrected chi connectivity index (χ3v) is 6.61. The Kier molecular flexibility index (Phi) is 6.30. The molecule has 2 aromatic carbocycles. The van der Waals surface area contributed by atoms with E-state index >= 15 is 0 Å². The van der Waals surface area contributed by atoms with Gasteiger partial charge >= 0.3 is 0 Å². The van der Waals surface area contributed by atoms with E-state index in [1.165, 1.54) is 22.5 Å². The van der Waals surface area contributed by atoms with Crippen molar-refractivity contribution in [3.63, 3.8) is 0 Å². The molecule has 0 saturated carbocycles. The fourth-order valence-corrected chi connectivity index (χ4v) is 4.70. The lowest BCUT2D eigenvalue weighted by Gasteiger charge is -2.09. The SMILES string of the molecule is COc1ccc(Cl)cc1NC(=O)c1sc(-n2nc(C)c(Cc3ccccc3)c2C)nc1C. The van der Waals surface area contributed by atoms with Crippen molar-refractivity contribution in [3.05, 3.63) is 86.6 Å². The number of carbonyl (C=O) groups is 1. The molecule has 0 aliphatic heterocycles. The predicted octanol–water partition coefficient (Wildman–Crippen LogP) is 5.76. The van der Waals surface area contributed by atoms with Crippen LogP contribution in [0.25, 0.3) is 5.13 Å². The second-order valence-electron chi connectivity index (χ2n) is 7.43. The van der Waals surface area contributed by atoms with Gasteiger partial charge in [0.25, 0.3) is 5.91 Å². The minimum absolute atomic E-state index is 0.266. The van der Waals surface area contributed by atoms with Gasteiger partial charge in [-0.05, 0) is 44.5 Å². The summed E-state index contributed by atoms with van der Waals surface area (Å²) in [6, 6.07) is 15.4. The molecule has 1 amide bonds. The van der Waals surface area contributed by atoms with E-state index in [2.05, 4.69) is 22.4 Å². The first-order valence-electron chi connectivity index (χ1n) is 10.1. The molecule has 0 unspecified atom stereocenters. The molecule has 0 radical (unpaired) electrons. The molecule has 0 atom stereocenters. The highest BCUT2D eigenvalue weighted by Crippen LogP contribution is 2.30. The molecular formula is C24H23ClN4O2S. The van der Waals surface area contributed by atoms with Gasteiger partial charge in [0.05, 0.1) is 24.2 Å². The lowest BCUT2D eigenvalue weighted by molar-refractivity contribution is 0.102. The molecule has 4 aromatic rings. The quantitative estimate of drug-likeness (QED) is 0.392. The Labute approximate surface area is 195 Å². The van der Waals surface area contributed by atoms with E-state index in [0.29, 0.717) is 32.2 Å². The van der Waals surface area contributed by atoms with Gasteiger partial charge < -0.3 is 10.1 Å². The number of amides is 1. The first kappa shape index (κ1) is 22.0. The van der Waals surface area contributed by atoms with Crippen LogP contribution in [0.1, 0.15) is 37.9 Å². The van der Waals surface area contributed by atoms with E-state index < -0.39 is 0 Å². The number of nitrogens with zero attached hydrogens (tertiary/aromatic N) is 3. The minimum atomic E-state index is -0.266. The van der Waals surface area contributed by atoms with Gasteiger partial charge in [0.2, 0.25) is 5.13 Å². The third-order valence-electron chi connectivity index (χ3n) is 5.25. The van der Waals surface area contributed by atoms with Crippen LogP contribution in [0.3, 0.4) is 0 Å². The highest BCUT2D eigenvalue weighted by atomic mass is 35.5. The van der Waals surface area contributed by atoms with Crippen LogP contribution in [-0.4, -0.2) is 27.8 Å². The van der Waals surface area contributed by atoms with Crippen LogP contribution in [-0.2, 0) is 6.42 Å². The summed E-state index contributed by atoms with van der Waals surface area (Å²) < 4.78 is 7.14. The van der Waals surface area contributed by atoms with Crippen molar-refractivity contribution in [3.8, 4) is 10.9 Å². The maximum atomic E-state index is 13.0. The molecule has 2 aromatic heterocycles. The second-order valence-corrected chi connectivity index (χ2v) is 8.85. The summed E-state index contributed by atoms with van der Waals surface area (Å²) in [7, 11) is 1.55. The molecule has 0 fully saturated rings. The fourth-order valence-electron chi connectivity index (χ4n) is 3.56. The number of hydrogen-bond donors (Lipinski definition) is 1. The van der Waals surface area contributed by atoms with Crippen molar-refractivity contribution in [2.24, 2.45) is 0 Å². The maximum absolute atomic E-state index is 13.0. The number of ether oxygens (including phenoxy) is 1. The number of hydrogen-bond acceptors (Lipinski definition) is 5. The average Bonchev–Trinajstić information content (AvgIpc) is 3.29. The van der Waals surface area contributed by atoms with Gasteiger partial charge in [-0.25, -0.2) is 9.67 Å². The highest BCUT2D eigenvalue weighted by Gasteiger charge is 2.21. The van der Waals surface area contributed by atoms with Crippen molar-refractivity contribution in [1.29, 1.82) is 0 Å². The number of halogens is 1. The molecule has 32 heavy (non-hydrogen) atoms. The van der Waals surface area contributed by atoms with E-state index in [1.807, 2.05) is 43.7 Å². The molecule has 1 N–H and O–H groups in total. The number of thiazole rings is 1. The van der Waals surface area contributed by atoms with Gasteiger partial charge in [-0.1, -0.05) is 53.3 Å². The van der Waals surface area contributed by atoms with E-state index in [4.69, 9.17) is 21.4 Å². The van der Waals surface area contributed by atoms with Crippen LogP contribution >= 0.6 is 22.9 Å². The standard InChI is InChI=1S/C24H23ClN4O2S/c1-14-19(12-17-8-6-5-7-9-17)16(3)29(28-14)24-26-15(2)22(32-24)23(30)27-20-13-18(25)10-11-21(20)31-4/h5-11,13H,12H2,1-4H3,(H,27,30). The van der Waals surface area contributed by atoms with Gasteiger partial charge in [-0.2, -0.15) is 5.10 Å². The van der Waals surface area contributed by atoms with Crippen molar-refractivity contribution in [2.75, 3.05) is 12.4 Å². The van der Waals surface area contributed by atoms with Crippen LogP contribution in [0, 0.1) is 20.8 Å². The van der Waals surface area contributed by atoms with E-state index in [9.17, 15) is 4.79 Å². The number of nitrogens with one attached hydrogen (secondary N) is 1. The zero-order valence-corrected chi connectivity index (χ0v) is 19.8. The zero-order chi connectivity index (χ0) is 22.8. The van der Waals surface area contributed by atoms with Crippen molar-refractivity contribution < 1.29 is 9.53 Å². The van der Waals surface area contributed by atoms with Crippen molar-refractivity contribution in [2.45, 2.75) is 27.2 Å². The summed E-state index contributed by atoms with van der Waals surface area (Å²) >= 11 is 7.39. The van der Waals surface area contributed by atoms with E-state index in [0.717, 1.165) is 17.8 Å². The number of benzene rings is 2. The van der Waals surface area contributed by atoms with Gasteiger partial charge in [-0.15, -0.1) is 0 Å². The Bertz CT molecular complexity index is 1280. The Morgan fingerprint density at radius 3 is 2.59 bits per heavy atom. The number of aryl methyl sites for hydroxylation is 2.